The van der Waals surface area contributed by atoms with Crippen LogP contribution in [-0.2, 0) is 0 Å². The molecule has 0 aliphatic carbocycles. The molecule has 0 bridgehead atoms. The monoisotopic (exact) mass is 355 g/mol. The zero-order valence-electron chi connectivity index (χ0n) is 15.0. The number of nitrogens with one attached hydrogen (secondary N) is 1. The van der Waals surface area contributed by atoms with Crippen LogP contribution in [0.15, 0.2) is 30.7 Å². The van der Waals surface area contributed by atoms with Gasteiger partial charge in [0, 0.05) is 12.7 Å². The molecular formula is C19H25N5O2. The van der Waals surface area contributed by atoms with Crippen LogP contribution in [-0.4, -0.2) is 46.2 Å². The van der Waals surface area contributed by atoms with Crippen molar-refractivity contribution in [3.63, 3.8) is 0 Å². The van der Waals surface area contributed by atoms with E-state index in [4.69, 9.17) is 10.5 Å². The van der Waals surface area contributed by atoms with E-state index in [2.05, 4.69) is 32.2 Å². The smallest absolute Gasteiger partial charge is 0.252 e. The van der Waals surface area contributed by atoms with Crippen LogP contribution < -0.4 is 10.5 Å². The molecule has 138 valence electrons. The molecule has 1 fully saturated rings. The molecular weight excluding hydrogens is 330 g/mol. The van der Waals surface area contributed by atoms with Crippen molar-refractivity contribution >= 4 is 12.0 Å². The molecule has 26 heavy (non-hydrogen) atoms. The number of hydrogen-bond acceptors (Lipinski definition) is 5. The molecule has 1 aliphatic rings. The summed E-state index contributed by atoms with van der Waals surface area (Å²) in [5.41, 5.74) is 7.84. The summed E-state index contributed by atoms with van der Waals surface area (Å²) in [6, 6.07) is 2.12. The third-order valence-corrected chi connectivity index (χ3v) is 4.74. The van der Waals surface area contributed by atoms with Crippen molar-refractivity contribution in [2.75, 3.05) is 20.2 Å². The topological polar surface area (TPSA) is 97.1 Å². The number of H-pyrrole nitrogens is 1. The molecule has 7 heteroatoms. The molecule has 0 radical (unpaired) electrons. The molecule has 2 aromatic heterocycles. The molecule has 7 nitrogen and oxygen atoms in total. The number of likely N-dealkylation sites (tertiary alicyclic amines) is 1. The number of piperidine rings is 1. The minimum Gasteiger partial charge on any atom is -0.495 e. The fourth-order valence-electron chi connectivity index (χ4n) is 3.43. The van der Waals surface area contributed by atoms with Gasteiger partial charge in [-0.15, -0.1) is 0 Å². The number of ether oxygens (including phenoxy) is 1. The Hall–Kier alpha value is -2.67. The molecule has 1 amide bonds. The second-order valence-corrected chi connectivity index (χ2v) is 6.46. The van der Waals surface area contributed by atoms with Crippen LogP contribution >= 0.6 is 0 Å². The zero-order chi connectivity index (χ0) is 18.4. The Bertz CT molecular complexity index is 771. The predicted molar refractivity (Wildman–Crippen MR) is 99.7 cm³/mol. The molecule has 3 heterocycles. The van der Waals surface area contributed by atoms with E-state index in [1.807, 2.05) is 12.3 Å². The Balaban J connectivity index is 1.62. The summed E-state index contributed by atoms with van der Waals surface area (Å²) in [6.07, 6.45) is 13.5. The number of amides is 1. The van der Waals surface area contributed by atoms with Gasteiger partial charge in [0.2, 0.25) is 0 Å². The lowest BCUT2D eigenvalue weighted by Gasteiger charge is -2.35. The molecule has 0 saturated carbocycles. The highest BCUT2D eigenvalue weighted by molar-refractivity contribution is 5.93. The summed E-state index contributed by atoms with van der Waals surface area (Å²) in [7, 11) is 1.64. The summed E-state index contributed by atoms with van der Waals surface area (Å²) in [5.74, 6) is 0.325. The van der Waals surface area contributed by atoms with E-state index >= 15 is 0 Å². The first-order valence-corrected chi connectivity index (χ1v) is 8.91. The molecule has 2 aromatic rings. The minimum absolute atomic E-state index is 0.167. The Kier molecular flexibility index (Phi) is 6.01. The van der Waals surface area contributed by atoms with Crippen molar-refractivity contribution in [2.45, 2.75) is 31.7 Å². The van der Waals surface area contributed by atoms with Crippen LogP contribution in [0.3, 0.4) is 0 Å². The van der Waals surface area contributed by atoms with Gasteiger partial charge < -0.3 is 10.5 Å². The van der Waals surface area contributed by atoms with Gasteiger partial charge >= 0.3 is 0 Å². The average molecular weight is 355 g/mol. The number of rotatable bonds is 7. The summed E-state index contributed by atoms with van der Waals surface area (Å²) < 4.78 is 5.19. The summed E-state index contributed by atoms with van der Waals surface area (Å²) in [5, 5.41) is 7.00. The van der Waals surface area contributed by atoms with Crippen LogP contribution in [0.4, 0.5) is 0 Å². The van der Waals surface area contributed by atoms with E-state index in [0.717, 1.165) is 49.4 Å². The highest BCUT2D eigenvalue weighted by Crippen LogP contribution is 2.31. The first-order valence-electron chi connectivity index (χ1n) is 8.91. The van der Waals surface area contributed by atoms with Crippen molar-refractivity contribution in [3.8, 4) is 5.75 Å². The summed E-state index contributed by atoms with van der Waals surface area (Å²) in [4.78, 5) is 18.2. The molecule has 1 atom stereocenters. The Morgan fingerprint density at radius 3 is 3.12 bits per heavy atom. The van der Waals surface area contributed by atoms with Crippen LogP contribution in [0, 0.1) is 0 Å². The van der Waals surface area contributed by atoms with Crippen molar-refractivity contribution < 1.29 is 9.53 Å². The lowest BCUT2D eigenvalue weighted by molar-refractivity contribution is 0.0992. The highest BCUT2D eigenvalue weighted by atomic mass is 16.5. The van der Waals surface area contributed by atoms with Gasteiger partial charge in [0.25, 0.3) is 5.91 Å². The number of primary amides is 1. The molecule has 3 N–H and O–H groups in total. The molecule has 0 spiro atoms. The molecule has 3 rings (SSSR count). The summed E-state index contributed by atoms with van der Waals surface area (Å²) in [6.45, 7) is 1.92. The van der Waals surface area contributed by atoms with E-state index in [1.165, 1.54) is 12.6 Å². The third-order valence-electron chi connectivity index (χ3n) is 4.74. The van der Waals surface area contributed by atoms with Gasteiger partial charge in [0.1, 0.15) is 5.75 Å². The van der Waals surface area contributed by atoms with Crippen LogP contribution in [0.1, 0.15) is 53.3 Å². The quantitative estimate of drug-likeness (QED) is 0.795. The SMILES string of the molecule is COc1cncc(/C=C/CCN2CCCCC2c2[nH]ncc2C(N)=O)c1. The molecule has 1 saturated heterocycles. The number of nitrogens with two attached hydrogens (primary N) is 1. The second kappa shape index (κ2) is 8.62. The van der Waals surface area contributed by atoms with Crippen molar-refractivity contribution in [2.24, 2.45) is 5.73 Å². The molecule has 0 aromatic carbocycles. The van der Waals surface area contributed by atoms with Gasteiger partial charge in [-0.3, -0.25) is 19.8 Å². The maximum absolute atomic E-state index is 11.6. The van der Waals surface area contributed by atoms with Gasteiger partial charge in [-0.1, -0.05) is 18.6 Å². The Morgan fingerprint density at radius 1 is 1.42 bits per heavy atom. The van der Waals surface area contributed by atoms with E-state index in [-0.39, 0.29) is 6.04 Å². The first kappa shape index (κ1) is 18.1. The number of nitrogens with zero attached hydrogens (tertiary/aromatic N) is 3. The van der Waals surface area contributed by atoms with E-state index < -0.39 is 5.91 Å². The maximum atomic E-state index is 11.6. The van der Waals surface area contributed by atoms with Crippen molar-refractivity contribution in [1.82, 2.24) is 20.1 Å². The second-order valence-electron chi connectivity index (χ2n) is 6.46. The lowest BCUT2D eigenvalue weighted by atomic mass is 9.96. The maximum Gasteiger partial charge on any atom is 0.252 e. The van der Waals surface area contributed by atoms with Crippen molar-refractivity contribution in [3.05, 3.63) is 47.6 Å². The number of aromatic amines is 1. The number of carbonyl (C=O) groups is 1. The number of aromatic nitrogens is 3. The molecule has 1 unspecified atom stereocenters. The Morgan fingerprint density at radius 2 is 2.31 bits per heavy atom. The Labute approximate surface area is 153 Å². The van der Waals surface area contributed by atoms with E-state index in [1.54, 1.807) is 13.3 Å². The minimum atomic E-state index is -0.426. The fraction of sp³-hybridized carbons (Fsp3) is 0.421. The van der Waals surface area contributed by atoms with Crippen molar-refractivity contribution in [1.29, 1.82) is 0 Å². The van der Waals surface area contributed by atoms with Crippen LogP contribution in [0.5, 0.6) is 5.75 Å². The zero-order valence-corrected chi connectivity index (χ0v) is 15.0. The number of pyridine rings is 1. The number of carbonyl (C=O) groups excluding carboxylic acids is 1. The first-order chi connectivity index (χ1) is 12.7. The van der Waals surface area contributed by atoms with Gasteiger partial charge in [0.15, 0.2) is 0 Å². The summed E-state index contributed by atoms with van der Waals surface area (Å²) >= 11 is 0. The number of methoxy groups -OCH3 is 1. The van der Waals surface area contributed by atoms with Crippen LogP contribution in [0.25, 0.3) is 6.08 Å². The lowest BCUT2D eigenvalue weighted by Crippen LogP contribution is -2.35. The van der Waals surface area contributed by atoms with E-state index in [0.29, 0.717) is 5.56 Å². The standard InChI is InChI=1S/C19H25N5O2/c1-26-15-10-14(11-21-12-15)6-2-4-8-24-9-5-3-7-17(24)18-16(19(20)25)13-22-23-18/h2,6,10-13,17H,3-5,7-9H2,1H3,(H2,20,25)(H,22,23)/b6-2+. The highest BCUT2D eigenvalue weighted by Gasteiger charge is 2.28. The predicted octanol–water partition coefficient (Wildman–Crippen LogP) is 2.54. The van der Waals surface area contributed by atoms with Gasteiger partial charge in [-0.2, -0.15) is 5.10 Å². The average Bonchev–Trinajstić information content (AvgIpc) is 3.16. The largest absolute Gasteiger partial charge is 0.495 e. The van der Waals surface area contributed by atoms with Gasteiger partial charge in [0.05, 0.1) is 36.8 Å². The van der Waals surface area contributed by atoms with Crippen LogP contribution in [0.2, 0.25) is 0 Å². The normalized spacial score (nSPS) is 18.3. The molecule has 1 aliphatic heterocycles. The fourth-order valence-corrected chi connectivity index (χ4v) is 3.43. The van der Waals surface area contributed by atoms with Gasteiger partial charge in [-0.05, 0) is 37.4 Å². The van der Waals surface area contributed by atoms with Gasteiger partial charge in [-0.25, -0.2) is 0 Å². The number of hydrogen-bond donors (Lipinski definition) is 2. The third kappa shape index (κ3) is 4.29. The van der Waals surface area contributed by atoms with E-state index in [9.17, 15) is 4.79 Å².